The molecule has 0 heterocycles. The number of hydrogen-bond donors (Lipinski definition) is 0. The molecule has 1 radical (unpaired) electrons. The van der Waals surface area contributed by atoms with Crippen molar-refractivity contribution in [2.75, 3.05) is 0 Å². The lowest BCUT2D eigenvalue weighted by atomic mass is 10.2. The second-order valence-corrected chi connectivity index (χ2v) is 2.07. The van der Waals surface area contributed by atoms with Crippen LogP contribution in [0.1, 0.15) is 27.2 Å². The van der Waals surface area contributed by atoms with Crippen LogP contribution in [-0.2, 0) is 4.79 Å². The van der Waals surface area contributed by atoms with E-state index in [2.05, 4.69) is 6.92 Å². The average molecular weight is 128 g/mol. The predicted octanol–water partition coefficient (Wildman–Crippen LogP) is 1.42. The third kappa shape index (κ3) is 2.49. The van der Waals surface area contributed by atoms with Crippen molar-refractivity contribution < 1.29 is 4.79 Å². The molecule has 0 saturated heterocycles. The predicted molar refractivity (Wildman–Crippen MR) is 37.6 cm³/mol. The van der Waals surface area contributed by atoms with Crippen LogP contribution in [0.3, 0.4) is 0 Å². The van der Waals surface area contributed by atoms with E-state index in [-0.39, 0.29) is 0 Å². The lowest BCUT2D eigenvalue weighted by Gasteiger charge is -2.20. The molecule has 0 aliphatic rings. The molecular weight excluding hydrogens is 114 g/mol. The van der Waals surface area contributed by atoms with Crippen molar-refractivity contribution >= 4 is 6.41 Å². The summed E-state index contributed by atoms with van der Waals surface area (Å²) in [4.78, 5) is 11.9. The van der Waals surface area contributed by atoms with E-state index < -0.39 is 0 Å². The van der Waals surface area contributed by atoms with Gasteiger partial charge in [-0.3, -0.25) is 4.79 Å². The van der Waals surface area contributed by atoms with Crippen molar-refractivity contribution in [1.29, 1.82) is 0 Å². The second kappa shape index (κ2) is 4.36. The van der Waals surface area contributed by atoms with Crippen LogP contribution in [0.15, 0.2) is 0 Å². The minimum absolute atomic E-state index is 0.340. The summed E-state index contributed by atoms with van der Waals surface area (Å²) in [7, 11) is 0. The Kier molecular flexibility index (Phi) is 4.10. The molecular formula is C7H14NO. The largest absolute Gasteiger partial charge is 0.338 e. The van der Waals surface area contributed by atoms with Crippen molar-refractivity contribution in [3.8, 4) is 0 Å². The molecule has 0 spiro atoms. The van der Waals surface area contributed by atoms with Gasteiger partial charge in [0.15, 0.2) is 0 Å². The molecule has 1 atom stereocenters. The Labute approximate surface area is 56.9 Å². The summed E-state index contributed by atoms with van der Waals surface area (Å²) < 4.78 is 0. The number of amides is 1. The van der Waals surface area contributed by atoms with Crippen LogP contribution in [0.4, 0.5) is 0 Å². The monoisotopic (exact) mass is 128 g/mol. The molecule has 2 heteroatoms. The van der Waals surface area contributed by atoms with Gasteiger partial charge in [0.2, 0.25) is 6.41 Å². The summed E-state index contributed by atoms with van der Waals surface area (Å²) in [6.45, 7) is 7.74. The van der Waals surface area contributed by atoms with E-state index in [9.17, 15) is 4.79 Å². The zero-order chi connectivity index (χ0) is 7.28. The van der Waals surface area contributed by atoms with Crippen molar-refractivity contribution in [2.45, 2.75) is 33.2 Å². The fraction of sp³-hybridized carbons (Fsp3) is 0.714. The number of carbonyl (C=O) groups is 1. The summed E-state index contributed by atoms with van der Waals surface area (Å²) in [6.07, 6.45) is 1.86. The normalized spacial score (nSPS) is 12.8. The van der Waals surface area contributed by atoms with Crippen LogP contribution < -0.4 is 0 Å². The lowest BCUT2D eigenvalue weighted by Crippen LogP contribution is -2.27. The lowest BCUT2D eigenvalue weighted by molar-refractivity contribution is -0.118. The highest BCUT2D eigenvalue weighted by Gasteiger charge is 2.05. The summed E-state index contributed by atoms with van der Waals surface area (Å²) in [6, 6.07) is 0.340. The molecule has 0 aliphatic carbocycles. The third-order valence-electron chi connectivity index (χ3n) is 1.52. The number of hydrogen-bond acceptors (Lipinski definition) is 1. The smallest absolute Gasteiger partial charge is 0.210 e. The fourth-order valence-electron chi connectivity index (χ4n) is 0.630. The Hall–Kier alpha value is -0.530. The minimum Gasteiger partial charge on any atom is -0.338 e. The first kappa shape index (κ1) is 8.47. The van der Waals surface area contributed by atoms with Gasteiger partial charge >= 0.3 is 0 Å². The quantitative estimate of drug-likeness (QED) is 0.524. The highest BCUT2D eigenvalue weighted by molar-refractivity contribution is 5.48. The Morgan fingerprint density at radius 2 is 2.22 bits per heavy atom. The Morgan fingerprint density at radius 1 is 1.67 bits per heavy atom. The minimum atomic E-state index is 0.340. The van der Waals surface area contributed by atoms with E-state index in [0.717, 1.165) is 12.8 Å². The highest BCUT2D eigenvalue weighted by Crippen LogP contribution is 2.00. The first-order valence-corrected chi connectivity index (χ1v) is 3.28. The Bertz CT molecular complexity index is 83.0. The van der Waals surface area contributed by atoms with E-state index in [1.165, 1.54) is 0 Å². The van der Waals surface area contributed by atoms with E-state index in [4.69, 9.17) is 0 Å². The van der Waals surface area contributed by atoms with E-state index in [0.29, 0.717) is 6.04 Å². The molecule has 53 valence electrons. The SMILES string of the molecule is C[CH]N(C=O)C(C)CC. The van der Waals surface area contributed by atoms with Gasteiger partial charge in [-0.1, -0.05) is 6.92 Å². The maximum atomic E-state index is 10.2. The first-order chi connectivity index (χ1) is 4.26. The molecule has 0 aromatic rings. The van der Waals surface area contributed by atoms with E-state index in [1.54, 1.807) is 11.4 Å². The van der Waals surface area contributed by atoms with E-state index >= 15 is 0 Å². The Morgan fingerprint density at radius 3 is 2.33 bits per heavy atom. The van der Waals surface area contributed by atoms with Gasteiger partial charge < -0.3 is 4.90 Å². The number of nitrogens with zero attached hydrogens (tertiary/aromatic N) is 1. The van der Waals surface area contributed by atoms with Crippen LogP contribution in [0.2, 0.25) is 0 Å². The zero-order valence-electron chi connectivity index (χ0n) is 6.29. The maximum Gasteiger partial charge on any atom is 0.210 e. The van der Waals surface area contributed by atoms with Gasteiger partial charge in [-0.2, -0.15) is 0 Å². The average Bonchev–Trinajstić information content (AvgIpc) is 1.90. The Balaban J connectivity index is 3.63. The standard InChI is InChI=1S/C7H14NO/c1-4-7(3)8(5-2)6-9/h5-7H,4H2,1-3H3. The molecule has 0 aromatic heterocycles. The van der Waals surface area contributed by atoms with Crippen molar-refractivity contribution in [1.82, 2.24) is 4.90 Å². The second-order valence-electron chi connectivity index (χ2n) is 2.07. The first-order valence-electron chi connectivity index (χ1n) is 3.28. The molecule has 0 aliphatic heterocycles. The van der Waals surface area contributed by atoms with Gasteiger partial charge in [-0.05, 0) is 20.3 Å². The van der Waals surface area contributed by atoms with Gasteiger partial charge in [0.25, 0.3) is 0 Å². The maximum absolute atomic E-state index is 10.2. The molecule has 9 heavy (non-hydrogen) atoms. The molecule has 2 nitrogen and oxygen atoms in total. The zero-order valence-corrected chi connectivity index (χ0v) is 6.29. The van der Waals surface area contributed by atoms with Crippen LogP contribution in [0.5, 0.6) is 0 Å². The van der Waals surface area contributed by atoms with Gasteiger partial charge in [-0.15, -0.1) is 0 Å². The molecule has 0 fully saturated rings. The topological polar surface area (TPSA) is 20.3 Å². The summed E-state index contributed by atoms with van der Waals surface area (Å²) in [5.41, 5.74) is 0. The van der Waals surface area contributed by atoms with Crippen molar-refractivity contribution in [3.63, 3.8) is 0 Å². The number of carbonyl (C=O) groups excluding carboxylic acids is 1. The van der Waals surface area contributed by atoms with Crippen LogP contribution in [-0.4, -0.2) is 17.4 Å². The molecule has 0 N–H and O–H groups in total. The van der Waals surface area contributed by atoms with Crippen LogP contribution in [0, 0.1) is 6.54 Å². The summed E-state index contributed by atoms with van der Waals surface area (Å²) in [5, 5.41) is 0. The fourth-order valence-corrected chi connectivity index (χ4v) is 0.630. The number of rotatable bonds is 4. The molecule has 0 bridgehead atoms. The van der Waals surface area contributed by atoms with Crippen molar-refractivity contribution in [3.05, 3.63) is 6.54 Å². The third-order valence-corrected chi connectivity index (χ3v) is 1.52. The van der Waals surface area contributed by atoms with Gasteiger partial charge in [-0.25, -0.2) is 0 Å². The molecule has 1 unspecified atom stereocenters. The van der Waals surface area contributed by atoms with Gasteiger partial charge in [0, 0.05) is 12.6 Å². The summed E-state index contributed by atoms with van der Waals surface area (Å²) in [5.74, 6) is 0. The molecule has 0 saturated carbocycles. The molecule has 0 aromatic carbocycles. The van der Waals surface area contributed by atoms with Crippen LogP contribution in [0.25, 0.3) is 0 Å². The van der Waals surface area contributed by atoms with E-state index in [1.807, 2.05) is 13.8 Å². The highest BCUT2D eigenvalue weighted by atomic mass is 16.1. The van der Waals surface area contributed by atoms with Gasteiger partial charge in [0.1, 0.15) is 0 Å². The molecule has 1 amide bonds. The van der Waals surface area contributed by atoms with Gasteiger partial charge in [0.05, 0.1) is 0 Å². The summed E-state index contributed by atoms with van der Waals surface area (Å²) >= 11 is 0. The molecule has 0 rings (SSSR count). The van der Waals surface area contributed by atoms with Crippen LogP contribution >= 0.6 is 0 Å². The van der Waals surface area contributed by atoms with Crippen molar-refractivity contribution in [2.24, 2.45) is 0 Å².